The van der Waals surface area contributed by atoms with Crippen LogP contribution >= 0.6 is 12.4 Å². The molecule has 0 aromatic heterocycles. The van der Waals surface area contributed by atoms with Gasteiger partial charge in [0.05, 0.1) is 13.2 Å². The minimum atomic E-state index is 0. The average Bonchev–Trinajstić information content (AvgIpc) is 2.19. The summed E-state index contributed by atoms with van der Waals surface area (Å²) in [5.74, 6) is 5.79. The second-order valence-electron chi connectivity index (χ2n) is 2.74. The predicted molar refractivity (Wildman–Crippen MR) is 58.6 cm³/mol. The Bertz CT molecular complexity index is 219. The van der Waals surface area contributed by atoms with Gasteiger partial charge < -0.3 is 9.57 Å². The third-order valence-electron chi connectivity index (χ3n) is 1.67. The lowest BCUT2D eigenvalue weighted by atomic mass is 10.3. The van der Waals surface area contributed by atoms with E-state index < -0.39 is 0 Å². The molecular weight excluding hydrogens is 202 g/mol. The number of hydrogen-bond donors (Lipinski definition) is 1. The van der Waals surface area contributed by atoms with Crippen molar-refractivity contribution in [3.8, 4) is 5.75 Å². The van der Waals surface area contributed by atoms with Crippen molar-refractivity contribution in [1.82, 2.24) is 0 Å². The standard InChI is InChI=1S/C10H15NO2.ClH/c11-13-9-5-4-8-12-10-6-2-1-3-7-10;/h1-3,6-7H,4-5,8-9,11H2;1H. The van der Waals surface area contributed by atoms with Crippen LogP contribution in [0.1, 0.15) is 12.8 Å². The topological polar surface area (TPSA) is 44.5 Å². The SMILES string of the molecule is Cl.NOCCCCOc1ccccc1. The van der Waals surface area contributed by atoms with E-state index in [9.17, 15) is 0 Å². The molecule has 0 spiro atoms. The Morgan fingerprint density at radius 3 is 2.29 bits per heavy atom. The van der Waals surface area contributed by atoms with Gasteiger partial charge in [-0.25, -0.2) is 5.90 Å². The highest BCUT2D eigenvalue weighted by atomic mass is 35.5. The molecule has 0 bridgehead atoms. The zero-order valence-electron chi connectivity index (χ0n) is 8.02. The van der Waals surface area contributed by atoms with Gasteiger partial charge in [-0.2, -0.15) is 0 Å². The molecule has 14 heavy (non-hydrogen) atoms. The molecule has 0 aliphatic heterocycles. The lowest BCUT2D eigenvalue weighted by Crippen LogP contribution is -2.03. The van der Waals surface area contributed by atoms with E-state index in [1.165, 1.54) is 0 Å². The smallest absolute Gasteiger partial charge is 0.119 e. The van der Waals surface area contributed by atoms with Crippen molar-refractivity contribution in [3.63, 3.8) is 0 Å². The Balaban J connectivity index is 0.00000169. The van der Waals surface area contributed by atoms with Crippen LogP contribution in [0.2, 0.25) is 0 Å². The van der Waals surface area contributed by atoms with Crippen molar-refractivity contribution in [2.75, 3.05) is 13.2 Å². The molecule has 0 unspecified atom stereocenters. The molecule has 0 fully saturated rings. The molecule has 0 saturated carbocycles. The average molecular weight is 218 g/mol. The fourth-order valence-corrected chi connectivity index (χ4v) is 0.994. The van der Waals surface area contributed by atoms with Gasteiger partial charge in [0.2, 0.25) is 0 Å². The van der Waals surface area contributed by atoms with Gasteiger partial charge in [0.15, 0.2) is 0 Å². The normalized spacial score (nSPS) is 9.21. The largest absolute Gasteiger partial charge is 0.494 e. The van der Waals surface area contributed by atoms with Gasteiger partial charge in [-0.05, 0) is 25.0 Å². The molecule has 0 saturated heterocycles. The summed E-state index contributed by atoms with van der Waals surface area (Å²) < 4.78 is 5.46. The number of halogens is 1. The summed E-state index contributed by atoms with van der Waals surface area (Å²) in [6, 6.07) is 9.77. The minimum Gasteiger partial charge on any atom is -0.494 e. The molecule has 0 aliphatic carbocycles. The second-order valence-corrected chi connectivity index (χ2v) is 2.74. The highest BCUT2D eigenvalue weighted by Crippen LogP contribution is 2.08. The van der Waals surface area contributed by atoms with E-state index in [2.05, 4.69) is 4.84 Å². The van der Waals surface area contributed by atoms with Crippen LogP contribution in [-0.2, 0) is 4.84 Å². The Labute approximate surface area is 90.6 Å². The van der Waals surface area contributed by atoms with Crippen LogP contribution in [0.15, 0.2) is 30.3 Å². The summed E-state index contributed by atoms with van der Waals surface area (Å²) in [5, 5.41) is 0. The number of hydrogen-bond acceptors (Lipinski definition) is 3. The Morgan fingerprint density at radius 2 is 1.64 bits per heavy atom. The molecule has 0 aliphatic rings. The molecule has 0 amide bonds. The van der Waals surface area contributed by atoms with E-state index in [-0.39, 0.29) is 12.4 Å². The first kappa shape index (κ1) is 13.2. The molecule has 3 nitrogen and oxygen atoms in total. The first-order valence-electron chi connectivity index (χ1n) is 4.43. The maximum atomic E-state index is 5.46. The van der Waals surface area contributed by atoms with Crippen molar-refractivity contribution < 1.29 is 9.57 Å². The summed E-state index contributed by atoms with van der Waals surface area (Å²) in [6.45, 7) is 1.31. The van der Waals surface area contributed by atoms with E-state index in [4.69, 9.17) is 10.6 Å². The van der Waals surface area contributed by atoms with Crippen molar-refractivity contribution in [1.29, 1.82) is 0 Å². The van der Waals surface area contributed by atoms with E-state index in [0.29, 0.717) is 13.2 Å². The quantitative estimate of drug-likeness (QED) is 0.587. The zero-order valence-corrected chi connectivity index (χ0v) is 8.83. The Hall–Kier alpha value is -0.770. The van der Waals surface area contributed by atoms with Crippen LogP contribution < -0.4 is 10.6 Å². The molecule has 1 aromatic rings. The fourth-order valence-electron chi connectivity index (χ4n) is 0.994. The highest BCUT2D eigenvalue weighted by Gasteiger charge is 1.91. The van der Waals surface area contributed by atoms with Crippen molar-refractivity contribution in [2.45, 2.75) is 12.8 Å². The van der Waals surface area contributed by atoms with Crippen LogP contribution in [0.5, 0.6) is 5.75 Å². The van der Waals surface area contributed by atoms with Gasteiger partial charge in [0.1, 0.15) is 5.75 Å². The summed E-state index contributed by atoms with van der Waals surface area (Å²) in [7, 11) is 0. The van der Waals surface area contributed by atoms with Gasteiger partial charge in [-0.3, -0.25) is 0 Å². The minimum absolute atomic E-state index is 0. The molecule has 1 rings (SSSR count). The van der Waals surface area contributed by atoms with Gasteiger partial charge in [0, 0.05) is 0 Å². The summed E-state index contributed by atoms with van der Waals surface area (Å²) >= 11 is 0. The van der Waals surface area contributed by atoms with Gasteiger partial charge >= 0.3 is 0 Å². The molecule has 0 heterocycles. The van der Waals surface area contributed by atoms with Crippen LogP contribution in [0, 0.1) is 0 Å². The number of ether oxygens (including phenoxy) is 1. The highest BCUT2D eigenvalue weighted by molar-refractivity contribution is 5.85. The van der Waals surface area contributed by atoms with E-state index >= 15 is 0 Å². The Kier molecular flexibility index (Phi) is 8.33. The second kappa shape index (κ2) is 8.81. The van der Waals surface area contributed by atoms with Crippen LogP contribution in [0.4, 0.5) is 0 Å². The maximum Gasteiger partial charge on any atom is 0.119 e. The summed E-state index contributed by atoms with van der Waals surface area (Å²) in [4.78, 5) is 4.44. The number of rotatable bonds is 6. The molecular formula is C10H16ClNO2. The molecule has 0 atom stereocenters. The number of unbranched alkanes of at least 4 members (excludes halogenated alkanes) is 1. The van der Waals surface area contributed by atoms with Crippen LogP contribution in [0.25, 0.3) is 0 Å². The van der Waals surface area contributed by atoms with Crippen LogP contribution in [0.3, 0.4) is 0 Å². The van der Waals surface area contributed by atoms with E-state index in [0.717, 1.165) is 18.6 Å². The number of nitrogens with two attached hydrogens (primary N) is 1. The number of benzene rings is 1. The van der Waals surface area contributed by atoms with Gasteiger partial charge in [-0.1, -0.05) is 18.2 Å². The van der Waals surface area contributed by atoms with Crippen molar-refractivity contribution in [2.24, 2.45) is 5.90 Å². The third kappa shape index (κ3) is 5.80. The molecule has 0 radical (unpaired) electrons. The first-order valence-corrected chi connectivity index (χ1v) is 4.43. The molecule has 1 aromatic carbocycles. The lowest BCUT2D eigenvalue weighted by Gasteiger charge is -2.04. The van der Waals surface area contributed by atoms with Gasteiger partial charge in [-0.15, -0.1) is 12.4 Å². The lowest BCUT2D eigenvalue weighted by molar-refractivity contribution is 0.129. The summed E-state index contributed by atoms with van der Waals surface area (Å²) in [6.07, 6.45) is 1.90. The van der Waals surface area contributed by atoms with Crippen LogP contribution in [-0.4, -0.2) is 13.2 Å². The van der Waals surface area contributed by atoms with Crippen molar-refractivity contribution in [3.05, 3.63) is 30.3 Å². The van der Waals surface area contributed by atoms with E-state index in [1.807, 2.05) is 30.3 Å². The van der Waals surface area contributed by atoms with E-state index in [1.54, 1.807) is 0 Å². The van der Waals surface area contributed by atoms with Gasteiger partial charge in [0.25, 0.3) is 0 Å². The van der Waals surface area contributed by atoms with Crippen molar-refractivity contribution >= 4 is 12.4 Å². The summed E-state index contributed by atoms with van der Waals surface area (Å²) in [5.41, 5.74) is 0. The fraction of sp³-hybridized carbons (Fsp3) is 0.400. The monoisotopic (exact) mass is 217 g/mol. The third-order valence-corrected chi connectivity index (χ3v) is 1.67. The maximum absolute atomic E-state index is 5.46. The predicted octanol–water partition coefficient (Wildman–Crippen LogP) is 2.16. The molecule has 2 N–H and O–H groups in total. The Morgan fingerprint density at radius 1 is 1.00 bits per heavy atom. The first-order chi connectivity index (χ1) is 6.43. The zero-order chi connectivity index (χ0) is 9.36. The number of para-hydroxylation sites is 1. The molecule has 80 valence electrons. The molecule has 4 heteroatoms.